The fraction of sp³-hybridized carbons (Fsp3) is 0.182. The molecule has 0 aliphatic heterocycles. The molecule has 0 aliphatic carbocycles. The third-order valence-corrected chi connectivity index (χ3v) is 6.35. The minimum atomic E-state index is -0.509. The van der Waals surface area contributed by atoms with Crippen LogP contribution in [0.15, 0.2) is 58.4 Å². The average molecular weight is 471 g/mol. The third-order valence-electron chi connectivity index (χ3n) is 4.91. The number of carbonyl (C=O) groups is 1. The molecule has 0 atom stereocenters. The number of thiazole rings is 1. The molecule has 0 spiro atoms. The number of nitrogens with one attached hydrogen (secondary N) is 1. The van der Waals surface area contributed by atoms with Gasteiger partial charge in [0.1, 0.15) is 9.71 Å². The van der Waals surface area contributed by atoms with Crippen molar-refractivity contribution in [1.29, 1.82) is 0 Å². The molecule has 3 aromatic heterocycles. The van der Waals surface area contributed by atoms with Crippen molar-refractivity contribution in [2.24, 2.45) is 0 Å². The van der Waals surface area contributed by atoms with Crippen LogP contribution in [0.3, 0.4) is 0 Å². The zero-order valence-electron chi connectivity index (χ0n) is 17.3. The Labute approximate surface area is 191 Å². The molecule has 0 radical (unpaired) electrons. The fourth-order valence-electron chi connectivity index (χ4n) is 3.27. The summed E-state index contributed by atoms with van der Waals surface area (Å²) in [5.74, 6) is 0.107. The lowest BCUT2D eigenvalue weighted by Gasteiger charge is -2.08. The number of aryl methyl sites for hydroxylation is 1. The molecule has 1 aromatic carbocycles. The first kappa shape index (κ1) is 21.8. The van der Waals surface area contributed by atoms with Gasteiger partial charge in [-0.15, -0.1) is 11.3 Å². The van der Waals surface area contributed by atoms with Crippen molar-refractivity contribution in [2.45, 2.75) is 20.0 Å². The maximum absolute atomic E-state index is 13.0. The molecule has 4 aromatic rings. The number of benzene rings is 1. The number of fused-ring (bicyclic) bond motifs is 1. The number of pyridine rings is 1. The minimum absolute atomic E-state index is 0.0866. The van der Waals surface area contributed by atoms with Crippen LogP contribution in [0.4, 0.5) is 0 Å². The van der Waals surface area contributed by atoms with Gasteiger partial charge in [0.05, 0.1) is 13.7 Å². The van der Waals surface area contributed by atoms with E-state index in [4.69, 9.17) is 16.3 Å². The van der Waals surface area contributed by atoms with Crippen LogP contribution in [0, 0.1) is 6.92 Å². The first-order valence-electron chi connectivity index (χ1n) is 9.64. The van der Waals surface area contributed by atoms with Crippen LogP contribution in [0.5, 0.6) is 5.88 Å². The molecule has 4 rings (SSSR count). The van der Waals surface area contributed by atoms with Crippen LogP contribution < -0.4 is 21.3 Å². The van der Waals surface area contributed by atoms with Crippen LogP contribution in [0.1, 0.15) is 26.4 Å². The SMILES string of the molecule is COc1cc(CNC(=O)c2cn3c(=O)n(Cc4cccc(Cl)c4)c(=O)c(C)c3s2)ccn1. The number of rotatable bonds is 6. The van der Waals surface area contributed by atoms with E-state index in [-0.39, 0.29) is 19.0 Å². The molecule has 0 saturated heterocycles. The number of halogens is 1. The molecule has 0 saturated carbocycles. The molecule has 164 valence electrons. The maximum Gasteiger partial charge on any atom is 0.336 e. The highest BCUT2D eigenvalue weighted by molar-refractivity contribution is 7.19. The third kappa shape index (κ3) is 4.30. The Morgan fingerprint density at radius 2 is 2.03 bits per heavy atom. The number of nitrogens with zero attached hydrogens (tertiary/aromatic N) is 3. The van der Waals surface area contributed by atoms with Crippen molar-refractivity contribution >= 4 is 33.7 Å². The maximum atomic E-state index is 13.0. The topological polar surface area (TPSA) is 94.7 Å². The summed E-state index contributed by atoms with van der Waals surface area (Å²) in [5, 5.41) is 3.34. The Morgan fingerprint density at radius 1 is 1.22 bits per heavy atom. The zero-order chi connectivity index (χ0) is 22.8. The normalized spacial score (nSPS) is 11.0. The van der Waals surface area contributed by atoms with E-state index in [0.717, 1.165) is 27.0 Å². The number of hydrogen-bond acceptors (Lipinski definition) is 6. The van der Waals surface area contributed by atoms with Gasteiger partial charge in [-0.1, -0.05) is 23.7 Å². The molecule has 3 heterocycles. The van der Waals surface area contributed by atoms with Gasteiger partial charge in [0.25, 0.3) is 11.5 Å². The summed E-state index contributed by atoms with van der Waals surface area (Å²) < 4.78 is 7.57. The van der Waals surface area contributed by atoms with Crippen LogP contribution in [0.2, 0.25) is 5.02 Å². The van der Waals surface area contributed by atoms with Crippen molar-refractivity contribution in [3.8, 4) is 5.88 Å². The zero-order valence-corrected chi connectivity index (χ0v) is 18.9. The first-order chi connectivity index (χ1) is 15.4. The molecular formula is C22H19ClN4O4S. The van der Waals surface area contributed by atoms with E-state index in [9.17, 15) is 14.4 Å². The lowest BCUT2D eigenvalue weighted by Crippen LogP contribution is -2.38. The summed E-state index contributed by atoms with van der Waals surface area (Å²) in [5.41, 5.74) is 1.05. The first-order valence-corrected chi connectivity index (χ1v) is 10.8. The predicted molar refractivity (Wildman–Crippen MR) is 123 cm³/mol. The molecule has 0 aliphatic rings. The van der Waals surface area contributed by atoms with Gasteiger partial charge in [0.15, 0.2) is 0 Å². The molecule has 10 heteroatoms. The monoisotopic (exact) mass is 470 g/mol. The summed E-state index contributed by atoms with van der Waals surface area (Å²) in [6.07, 6.45) is 3.06. The van der Waals surface area contributed by atoms with Gasteiger partial charge in [-0.2, -0.15) is 0 Å². The van der Waals surface area contributed by atoms with Gasteiger partial charge in [-0.3, -0.25) is 18.6 Å². The second-order valence-corrected chi connectivity index (χ2v) is 8.56. The van der Waals surface area contributed by atoms with Gasteiger partial charge in [0.2, 0.25) is 5.88 Å². The summed E-state index contributed by atoms with van der Waals surface area (Å²) in [6.45, 7) is 2.00. The quantitative estimate of drug-likeness (QED) is 0.467. The second kappa shape index (κ2) is 8.97. The number of carbonyl (C=O) groups excluding carboxylic acids is 1. The largest absolute Gasteiger partial charge is 0.481 e. The van der Waals surface area contributed by atoms with Crippen LogP contribution in [0.25, 0.3) is 4.83 Å². The smallest absolute Gasteiger partial charge is 0.336 e. The number of ether oxygens (including phenoxy) is 1. The molecule has 0 unspecified atom stereocenters. The molecule has 0 bridgehead atoms. The Balaban J connectivity index is 1.64. The Hall–Kier alpha value is -3.43. The highest BCUT2D eigenvalue weighted by Gasteiger charge is 2.18. The highest BCUT2D eigenvalue weighted by Crippen LogP contribution is 2.19. The standard InChI is InChI=1S/C22H19ClN4O4S/c1-13-20(29)26(11-15-4-3-5-16(23)8-15)22(30)27-12-17(32-21(13)27)19(28)25-10-14-6-7-24-18(9-14)31-2/h3-9,12H,10-11H2,1-2H3,(H,25,28). The second-order valence-electron chi connectivity index (χ2n) is 7.09. The van der Waals surface area contributed by atoms with Crippen molar-refractivity contribution in [1.82, 2.24) is 19.3 Å². The van der Waals surface area contributed by atoms with Gasteiger partial charge in [-0.05, 0) is 36.2 Å². The summed E-state index contributed by atoms with van der Waals surface area (Å²) in [7, 11) is 1.52. The molecule has 32 heavy (non-hydrogen) atoms. The van der Waals surface area contributed by atoms with Crippen LogP contribution in [-0.2, 0) is 13.1 Å². The van der Waals surface area contributed by atoms with Crippen molar-refractivity contribution < 1.29 is 9.53 Å². The molecule has 0 fully saturated rings. The van der Waals surface area contributed by atoms with Gasteiger partial charge in [0, 0.05) is 35.6 Å². The van der Waals surface area contributed by atoms with Gasteiger partial charge >= 0.3 is 5.69 Å². The van der Waals surface area contributed by atoms with E-state index < -0.39 is 11.2 Å². The molecular weight excluding hydrogens is 452 g/mol. The van der Waals surface area contributed by atoms with E-state index >= 15 is 0 Å². The summed E-state index contributed by atoms with van der Waals surface area (Å²) >= 11 is 7.12. The molecule has 8 nitrogen and oxygen atoms in total. The number of hydrogen-bond donors (Lipinski definition) is 1. The van der Waals surface area contributed by atoms with Crippen LogP contribution in [-0.4, -0.2) is 27.0 Å². The number of amides is 1. The Morgan fingerprint density at radius 3 is 2.78 bits per heavy atom. The lowest BCUT2D eigenvalue weighted by molar-refractivity contribution is 0.0954. The average Bonchev–Trinajstić information content (AvgIpc) is 3.25. The minimum Gasteiger partial charge on any atom is -0.481 e. The summed E-state index contributed by atoms with van der Waals surface area (Å²) in [4.78, 5) is 43.4. The van der Waals surface area contributed by atoms with E-state index in [0.29, 0.717) is 26.2 Å². The van der Waals surface area contributed by atoms with E-state index in [2.05, 4.69) is 10.3 Å². The van der Waals surface area contributed by atoms with Crippen molar-refractivity contribution in [3.05, 3.63) is 96.2 Å². The Bertz CT molecular complexity index is 1440. The molecule has 1 N–H and O–H groups in total. The number of aromatic nitrogens is 3. The fourth-order valence-corrected chi connectivity index (χ4v) is 4.48. The van der Waals surface area contributed by atoms with E-state index in [1.807, 2.05) is 0 Å². The number of methoxy groups -OCH3 is 1. The highest BCUT2D eigenvalue weighted by atomic mass is 35.5. The van der Waals surface area contributed by atoms with Crippen LogP contribution >= 0.6 is 22.9 Å². The van der Waals surface area contributed by atoms with Crippen molar-refractivity contribution in [3.63, 3.8) is 0 Å². The van der Waals surface area contributed by atoms with E-state index in [1.54, 1.807) is 49.5 Å². The van der Waals surface area contributed by atoms with Crippen molar-refractivity contribution in [2.75, 3.05) is 7.11 Å². The Kier molecular flexibility index (Phi) is 6.11. The van der Waals surface area contributed by atoms with E-state index in [1.165, 1.54) is 17.7 Å². The van der Waals surface area contributed by atoms with Gasteiger partial charge < -0.3 is 10.1 Å². The van der Waals surface area contributed by atoms with Gasteiger partial charge in [-0.25, -0.2) is 9.78 Å². The predicted octanol–water partition coefficient (Wildman–Crippen LogP) is 2.87. The summed E-state index contributed by atoms with van der Waals surface area (Å²) in [6, 6.07) is 10.5. The lowest BCUT2D eigenvalue weighted by atomic mass is 10.2. The molecule has 1 amide bonds.